The fourth-order valence-corrected chi connectivity index (χ4v) is 5.88. The molecule has 0 saturated heterocycles. The van der Waals surface area contributed by atoms with Gasteiger partial charge in [0, 0.05) is 24.5 Å². The minimum atomic E-state index is -3.69. The number of pyridine rings is 1. The molecule has 29 heavy (non-hydrogen) atoms. The Bertz CT molecular complexity index is 1060. The number of aliphatic hydroxyl groups is 1. The maximum atomic E-state index is 13.4. The molecule has 150 valence electrons. The van der Waals surface area contributed by atoms with Crippen LogP contribution >= 0.6 is 0 Å². The number of nitrogens with zero attached hydrogens (tertiary/aromatic N) is 2. The first-order chi connectivity index (χ1) is 14.1. The number of hydrogen-bond acceptors (Lipinski definition) is 4. The maximum absolute atomic E-state index is 13.4. The summed E-state index contributed by atoms with van der Waals surface area (Å²) in [6.07, 6.45) is 4.40. The van der Waals surface area contributed by atoms with Crippen LogP contribution < -0.4 is 0 Å². The molecule has 0 aliphatic carbocycles. The number of rotatable bonds is 6. The minimum Gasteiger partial charge on any atom is -0.387 e. The summed E-state index contributed by atoms with van der Waals surface area (Å²) in [5, 5.41) is 11.1. The van der Waals surface area contributed by atoms with Gasteiger partial charge in [0.25, 0.3) is 0 Å². The van der Waals surface area contributed by atoms with Gasteiger partial charge in [-0.15, -0.1) is 0 Å². The van der Waals surface area contributed by atoms with Gasteiger partial charge in [-0.3, -0.25) is 4.98 Å². The first-order valence-corrected chi connectivity index (χ1v) is 11.2. The molecule has 1 N–H and O–H groups in total. The van der Waals surface area contributed by atoms with Crippen molar-refractivity contribution >= 4 is 10.0 Å². The van der Waals surface area contributed by atoms with Crippen LogP contribution in [0.2, 0.25) is 0 Å². The van der Waals surface area contributed by atoms with E-state index in [1.165, 1.54) is 9.87 Å². The Hall–Kier alpha value is -2.54. The topological polar surface area (TPSA) is 70.5 Å². The smallest absolute Gasteiger partial charge is 0.243 e. The molecule has 1 aliphatic rings. The molecule has 6 heteroatoms. The van der Waals surface area contributed by atoms with Crippen LogP contribution in [0.15, 0.2) is 84.0 Å². The lowest BCUT2D eigenvalue weighted by atomic mass is 9.96. The van der Waals surface area contributed by atoms with Crippen molar-refractivity contribution in [3.05, 3.63) is 95.8 Å². The largest absolute Gasteiger partial charge is 0.387 e. The van der Waals surface area contributed by atoms with E-state index in [9.17, 15) is 13.5 Å². The summed E-state index contributed by atoms with van der Waals surface area (Å²) in [6, 6.07) is 20.0. The molecule has 1 aromatic heterocycles. The van der Waals surface area contributed by atoms with Crippen molar-refractivity contribution < 1.29 is 13.5 Å². The highest BCUT2D eigenvalue weighted by Gasteiger charge is 2.43. The van der Waals surface area contributed by atoms with Crippen molar-refractivity contribution in [3.63, 3.8) is 0 Å². The monoisotopic (exact) mass is 408 g/mol. The average Bonchev–Trinajstić information content (AvgIpc) is 2.75. The summed E-state index contributed by atoms with van der Waals surface area (Å²) in [7, 11) is -3.69. The third-order valence-electron chi connectivity index (χ3n) is 5.41. The summed E-state index contributed by atoms with van der Waals surface area (Å²) >= 11 is 0. The SMILES string of the molecule is O=S1(=O)c2ccccc2[C@@H](O)[C@@H](Cc2cccnc2)N1CCCc1ccccc1. The second kappa shape index (κ2) is 8.45. The molecule has 2 aromatic carbocycles. The molecule has 5 nitrogen and oxygen atoms in total. The Kier molecular flexibility index (Phi) is 5.76. The van der Waals surface area contributed by atoms with Gasteiger partial charge in [-0.25, -0.2) is 8.42 Å². The standard InChI is InChI=1S/C23H24N2O3S/c26-23-20-12-4-5-13-22(20)29(27,28)25(15-7-11-18-8-2-1-3-9-18)21(23)16-19-10-6-14-24-17-19/h1-6,8-10,12-14,17,21,23,26H,7,11,15-16H2/t21-,23-/m1/s1. The van der Waals surface area contributed by atoms with Gasteiger partial charge in [-0.05, 0) is 42.5 Å². The van der Waals surface area contributed by atoms with E-state index in [1.54, 1.807) is 36.7 Å². The molecular weight excluding hydrogens is 384 g/mol. The number of aryl methyl sites for hydroxylation is 1. The van der Waals surface area contributed by atoms with Gasteiger partial charge in [0.2, 0.25) is 10.0 Å². The number of aromatic nitrogens is 1. The Morgan fingerprint density at radius 2 is 1.66 bits per heavy atom. The quantitative estimate of drug-likeness (QED) is 0.679. The van der Waals surface area contributed by atoms with E-state index < -0.39 is 22.2 Å². The van der Waals surface area contributed by atoms with E-state index >= 15 is 0 Å². The first-order valence-electron chi connectivity index (χ1n) is 9.79. The van der Waals surface area contributed by atoms with Crippen LogP contribution in [0.3, 0.4) is 0 Å². The van der Waals surface area contributed by atoms with Crippen LogP contribution in [0.25, 0.3) is 0 Å². The highest BCUT2D eigenvalue weighted by Crippen LogP contribution is 2.38. The Morgan fingerprint density at radius 3 is 2.41 bits per heavy atom. The second-order valence-corrected chi connectivity index (χ2v) is 9.18. The molecule has 2 atom stereocenters. The van der Waals surface area contributed by atoms with Crippen LogP contribution in [0, 0.1) is 0 Å². The lowest BCUT2D eigenvalue weighted by Gasteiger charge is -2.39. The number of sulfonamides is 1. The summed E-state index contributed by atoms with van der Waals surface area (Å²) in [6.45, 7) is 0.355. The van der Waals surface area contributed by atoms with Gasteiger partial charge in [0.15, 0.2) is 0 Å². The van der Waals surface area contributed by atoms with Crippen molar-refractivity contribution in [2.45, 2.75) is 36.3 Å². The minimum absolute atomic E-state index is 0.203. The normalized spacial score (nSPS) is 20.9. The highest BCUT2D eigenvalue weighted by atomic mass is 32.2. The van der Waals surface area contributed by atoms with Crippen LogP contribution in [0.5, 0.6) is 0 Å². The van der Waals surface area contributed by atoms with Crippen molar-refractivity contribution in [2.24, 2.45) is 0 Å². The third-order valence-corrected chi connectivity index (χ3v) is 7.41. The highest BCUT2D eigenvalue weighted by molar-refractivity contribution is 7.89. The number of fused-ring (bicyclic) bond motifs is 1. The number of aliphatic hydroxyl groups excluding tert-OH is 1. The zero-order chi connectivity index (χ0) is 20.3. The zero-order valence-electron chi connectivity index (χ0n) is 16.1. The van der Waals surface area contributed by atoms with Gasteiger partial charge in [-0.2, -0.15) is 4.31 Å². The van der Waals surface area contributed by atoms with Gasteiger partial charge in [-0.1, -0.05) is 54.6 Å². The Labute approximate surface area is 171 Å². The van der Waals surface area contributed by atoms with E-state index in [1.807, 2.05) is 42.5 Å². The predicted molar refractivity (Wildman–Crippen MR) is 112 cm³/mol. The van der Waals surface area contributed by atoms with Gasteiger partial charge in [0.05, 0.1) is 17.0 Å². The summed E-state index contributed by atoms with van der Waals surface area (Å²) in [4.78, 5) is 4.34. The number of hydrogen-bond donors (Lipinski definition) is 1. The summed E-state index contributed by atoms with van der Waals surface area (Å²) in [5.74, 6) is 0. The molecule has 0 saturated carbocycles. The average molecular weight is 409 g/mol. The van der Waals surface area contributed by atoms with Gasteiger partial charge in [0.1, 0.15) is 0 Å². The molecule has 1 aliphatic heterocycles. The fourth-order valence-electron chi connectivity index (χ4n) is 3.97. The van der Waals surface area contributed by atoms with Gasteiger partial charge < -0.3 is 5.11 Å². The first kappa shape index (κ1) is 19.8. The van der Waals surface area contributed by atoms with Gasteiger partial charge >= 0.3 is 0 Å². The van der Waals surface area contributed by atoms with Crippen molar-refractivity contribution in [1.29, 1.82) is 0 Å². The Morgan fingerprint density at radius 1 is 0.931 bits per heavy atom. The van der Waals surface area contributed by atoms with Crippen molar-refractivity contribution in [1.82, 2.24) is 9.29 Å². The fraction of sp³-hybridized carbons (Fsp3) is 0.261. The molecule has 0 unspecified atom stereocenters. The van der Waals surface area contributed by atoms with Crippen LogP contribution in [0.1, 0.15) is 29.2 Å². The summed E-state index contributed by atoms with van der Waals surface area (Å²) in [5.41, 5.74) is 2.55. The Balaban J connectivity index is 1.64. The van der Waals surface area contributed by atoms with Crippen LogP contribution in [0.4, 0.5) is 0 Å². The zero-order valence-corrected chi connectivity index (χ0v) is 16.9. The lowest BCUT2D eigenvalue weighted by molar-refractivity contribution is 0.0792. The molecule has 0 radical (unpaired) electrons. The molecule has 0 bridgehead atoms. The van der Waals surface area contributed by atoms with Crippen LogP contribution in [-0.2, 0) is 22.9 Å². The van der Waals surface area contributed by atoms with E-state index in [4.69, 9.17) is 0 Å². The third kappa shape index (κ3) is 4.10. The van der Waals surface area contributed by atoms with E-state index in [2.05, 4.69) is 4.98 Å². The molecule has 2 heterocycles. The lowest BCUT2D eigenvalue weighted by Crippen LogP contribution is -2.49. The molecule has 0 spiro atoms. The van der Waals surface area contributed by atoms with Crippen LogP contribution in [-0.4, -0.2) is 35.4 Å². The second-order valence-electron chi connectivity index (χ2n) is 7.32. The predicted octanol–water partition coefficient (Wildman–Crippen LogP) is 3.36. The van der Waals surface area contributed by atoms with Crippen molar-refractivity contribution in [2.75, 3.05) is 6.54 Å². The maximum Gasteiger partial charge on any atom is 0.243 e. The molecule has 3 aromatic rings. The molecule has 0 amide bonds. The molecule has 4 rings (SSSR count). The summed E-state index contributed by atoms with van der Waals surface area (Å²) < 4.78 is 28.3. The van der Waals surface area contributed by atoms with E-state index in [0.717, 1.165) is 12.0 Å². The van der Waals surface area contributed by atoms with E-state index in [-0.39, 0.29) is 4.90 Å². The van der Waals surface area contributed by atoms with Crippen molar-refractivity contribution in [3.8, 4) is 0 Å². The van der Waals surface area contributed by atoms with E-state index in [0.29, 0.717) is 24.9 Å². The molecule has 0 fully saturated rings. The number of benzene rings is 2. The molecular formula is C23H24N2O3S.